The van der Waals surface area contributed by atoms with Crippen molar-refractivity contribution in [3.8, 4) is 10.4 Å². The molecule has 0 spiro atoms. The summed E-state index contributed by atoms with van der Waals surface area (Å²) in [5.74, 6) is -0.276. The minimum Gasteiger partial charge on any atom is -0.462 e. The normalized spacial score (nSPS) is 10.1. The van der Waals surface area contributed by atoms with Gasteiger partial charge in [0.25, 0.3) is 0 Å². The van der Waals surface area contributed by atoms with E-state index >= 15 is 0 Å². The van der Waals surface area contributed by atoms with E-state index in [1.54, 1.807) is 24.3 Å². The van der Waals surface area contributed by atoms with Crippen LogP contribution in [0.25, 0.3) is 10.4 Å². The molecule has 0 bridgehead atoms. The van der Waals surface area contributed by atoms with Crippen LogP contribution in [-0.4, -0.2) is 19.6 Å². The molecule has 18 heavy (non-hydrogen) atoms. The second kappa shape index (κ2) is 5.69. The third kappa shape index (κ3) is 2.54. The molecule has 4 heteroatoms. The minimum atomic E-state index is -0.276. The van der Waals surface area contributed by atoms with Gasteiger partial charge < -0.3 is 10.1 Å². The fourth-order valence-corrected chi connectivity index (χ4v) is 2.63. The maximum atomic E-state index is 11.7. The number of benzene rings is 1. The van der Waals surface area contributed by atoms with Gasteiger partial charge in [-0.3, -0.25) is 0 Å². The van der Waals surface area contributed by atoms with Gasteiger partial charge in [0.2, 0.25) is 0 Å². The summed E-state index contributed by atoms with van der Waals surface area (Å²) < 4.78 is 5.01. The van der Waals surface area contributed by atoms with E-state index in [-0.39, 0.29) is 5.97 Å². The molecule has 3 nitrogen and oxygen atoms in total. The van der Waals surface area contributed by atoms with Crippen LogP contribution in [0, 0.1) is 0 Å². The van der Waals surface area contributed by atoms with Crippen molar-refractivity contribution in [3.05, 3.63) is 41.3 Å². The smallest absolute Gasteiger partial charge is 0.338 e. The molecule has 1 aromatic carbocycles. The van der Waals surface area contributed by atoms with Crippen LogP contribution in [-0.2, 0) is 4.74 Å². The Kier molecular flexibility index (Phi) is 3.99. The fourth-order valence-electron chi connectivity index (χ4n) is 1.73. The maximum Gasteiger partial charge on any atom is 0.338 e. The molecule has 0 saturated heterocycles. The van der Waals surface area contributed by atoms with Crippen LogP contribution >= 0.6 is 11.3 Å². The summed E-state index contributed by atoms with van der Waals surface area (Å²) in [6.45, 7) is 2.20. The Labute approximate surface area is 110 Å². The Morgan fingerprint density at radius 3 is 2.94 bits per heavy atom. The van der Waals surface area contributed by atoms with Gasteiger partial charge in [0, 0.05) is 7.05 Å². The number of rotatable bonds is 4. The van der Waals surface area contributed by atoms with Crippen LogP contribution in [0.15, 0.2) is 35.7 Å². The van der Waals surface area contributed by atoms with E-state index in [2.05, 4.69) is 5.32 Å². The highest BCUT2D eigenvalue weighted by atomic mass is 32.1. The molecule has 0 amide bonds. The van der Waals surface area contributed by atoms with E-state index in [1.807, 2.05) is 36.7 Å². The molecule has 2 aromatic rings. The summed E-state index contributed by atoms with van der Waals surface area (Å²) in [5.41, 5.74) is 2.69. The second-order valence-corrected chi connectivity index (χ2v) is 4.63. The van der Waals surface area contributed by atoms with Crippen molar-refractivity contribution in [2.45, 2.75) is 6.92 Å². The summed E-state index contributed by atoms with van der Waals surface area (Å²) in [7, 11) is 1.89. The maximum absolute atomic E-state index is 11.7. The number of nitrogens with one attached hydrogen (secondary N) is 1. The number of carbonyl (C=O) groups is 1. The van der Waals surface area contributed by atoms with E-state index < -0.39 is 0 Å². The van der Waals surface area contributed by atoms with Crippen LogP contribution in [0.5, 0.6) is 0 Å². The highest BCUT2D eigenvalue weighted by Crippen LogP contribution is 2.33. The lowest BCUT2D eigenvalue weighted by Crippen LogP contribution is -2.04. The molecule has 94 valence electrons. The summed E-state index contributed by atoms with van der Waals surface area (Å²) in [6.07, 6.45) is 0. The zero-order chi connectivity index (χ0) is 13.0. The highest BCUT2D eigenvalue weighted by Gasteiger charge is 2.10. The van der Waals surface area contributed by atoms with Crippen LogP contribution in [0.2, 0.25) is 0 Å². The number of anilines is 1. The number of carbonyl (C=O) groups excluding carboxylic acids is 1. The Bertz CT molecular complexity index is 548. The first-order valence-electron chi connectivity index (χ1n) is 5.79. The molecule has 0 aliphatic carbocycles. The van der Waals surface area contributed by atoms with Gasteiger partial charge in [0.1, 0.15) is 0 Å². The number of thiophene rings is 1. The van der Waals surface area contributed by atoms with Crippen LogP contribution in [0.4, 0.5) is 5.69 Å². The van der Waals surface area contributed by atoms with Crippen molar-refractivity contribution in [3.63, 3.8) is 0 Å². The highest BCUT2D eigenvalue weighted by molar-refractivity contribution is 7.14. The van der Waals surface area contributed by atoms with Crippen molar-refractivity contribution >= 4 is 23.0 Å². The SMILES string of the molecule is CCOC(=O)c1cccc(-c2sccc2NC)c1. The lowest BCUT2D eigenvalue weighted by molar-refractivity contribution is 0.0526. The largest absolute Gasteiger partial charge is 0.462 e. The van der Waals surface area contributed by atoms with Crippen LogP contribution in [0.1, 0.15) is 17.3 Å². The van der Waals surface area contributed by atoms with Crippen LogP contribution < -0.4 is 5.32 Å². The molecular formula is C14H15NO2S. The second-order valence-electron chi connectivity index (χ2n) is 3.71. The molecule has 0 aliphatic heterocycles. The van der Waals surface area contributed by atoms with Gasteiger partial charge >= 0.3 is 5.97 Å². The van der Waals surface area contributed by atoms with Crippen molar-refractivity contribution in [2.75, 3.05) is 19.0 Å². The lowest BCUT2D eigenvalue weighted by atomic mass is 10.1. The molecule has 0 atom stereocenters. The van der Waals surface area contributed by atoms with E-state index in [4.69, 9.17) is 4.74 Å². The average Bonchev–Trinajstić information content (AvgIpc) is 2.87. The number of ether oxygens (including phenoxy) is 1. The Hall–Kier alpha value is -1.81. The Morgan fingerprint density at radius 2 is 2.22 bits per heavy atom. The topological polar surface area (TPSA) is 38.3 Å². The molecule has 1 aromatic heterocycles. The Morgan fingerprint density at radius 1 is 1.39 bits per heavy atom. The van der Waals surface area contributed by atoms with Crippen LogP contribution in [0.3, 0.4) is 0 Å². The molecule has 0 aliphatic rings. The predicted octanol–water partition coefficient (Wildman–Crippen LogP) is 3.63. The van der Waals surface area contributed by atoms with E-state index in [0.29, 0.717) is 12.2 Å². The molecule has 0 fully saturated rings. The standard InChI is InChI=1S/C14H15NO2S/c1-3-17-14(16)11-6-4-5-10(9-11)13-12(15-2)7-8-18-13/h4-9,15H,3H2,1-2H3. The first-order chi connectivity index (χ1) is 8.76. The molecule has 1 N–H and O–H groups in total. The van der Waals surface area contributed by atoms with E-state index in [0.717, 1.165) is 16.1 Å². The molecule has 1 heterocycles. The average molecular weight is 261 g/mol. The zero-order valence-electron chi connectivity index (χ0n) is 10.4. The molecule has 0 unspecified atom stereocenters. The summed E-state index contributed by atoms with van der Waals surface area (Å²) in [5, 5.41) is 5.17. The van der Waals surface area contributed by atoms with Gasteiger partial charge in [-0.05, 0) is 36.1 Å². The van der Waals surface area contributed by atoms with Crippen molar-refractivity contribution in [2.24, 2.45) is 0 Å². The number of hydrogen-bond donors (Lipinski definition) is 1. The first kappa shape index (κ1) is 12.6. The molecule has 0 saturated carbocycles. The monoisotopic (exact) mass is 261 g/mol. The molecule has 2 rings (SSSR count). The minimum absolute atomic E-state index is 0.276. The van der Waals surface area contributed by atoms with E-state index in [9.17, 15) is 4.79 Å². The van der Waals surface area contributed by atoms with Crippen molar-refractivity contribution in [1.29, 1.82) is 0 Å². The quantitative estimate of drug-likeness (QED) is 0.854. The van der Waals surface area contributed by atoms with Crippen molar-refractivity contribution in [1.82, 2.24) is 0 Å². The summed E-state index contributed by atoms with van der Waals surface area (Å²) >= 11 is 1.65. The van der Waals surface area contributed by atoms with E-state index in [1.165, 1.54) is 0 Å². The third-order valence-electron chi connectivity index (χ3n) is 2.57. The third-order valence-corrected chi connectivity index (χ3v) is 3.53. The van der Waals surface area contributed by atoms with Gasteiger partial charge in [0.15, 0.2) is 0 Å². The fraction of sp³-hybridized carbons (Fsp3) is 0.214. The van der Waals surface area contributed by atoms with Gasteiger partial charge in [-0.15, -0.1) is 11.3 Å². The van der Waals surface area contributed by atoms with Gasteiger partial charge in [-0.2, -0.15) is 0 Å². The molecule has 0 radical (unpaired) electrons. The summed E-state index contributed by atoms with van der Waals surface area (Å²) in [6, 6.07) is 9.53. The molecular weight excluding hydrogens is 246 g/mol. The number of esters is 1. The zero-order valence-corrected chi connectivity index (χ0v) is 11.2. The first-order valence-corrected chi connectivity index (χ1v) is 6.67. The van der Waals surface area contributed by atoms with Gasteiger partial charge in [-0.1, -0.05) is 12.1 Å². The predicted molar refractivity (Wildman–Crippen MR) is 75.3 cm³/mol. The Balaban J connectivity index is 2.35. The van der Waals surface area contributed by atoms with Gasteiger partial charge in [-0.25, -0.2) is 4.79 Å². The van der Waals surface area contributed by atoms with Crippen molar-refractivity contribution < 1.29 is 9.53 Å². The summed E-state index contributed by atoms with van der Waals surface area (Å²) in [4.78, 5) is 12.8. The lowest BCUT2D eigenvalue weighted by Gasteiger charge is -2.06. The van der Waals surface area contributed by atoms with Gasteiger partial charge in [0.05, 0.1) is 22.7 Å². The number of hydrogen-bond acceptors (Lipinski definition) is 4.